The fourth-order valence-electron chi connectivity index (χ4n) is 4.46. The molecule has 0 spiro atoms. The Kier molecular flexibility index (Phi) is 7.95. The predicted octanol–water partition coefficient (Wildman–Crippen LogP) is 10.4. The molecule has 0 aromatic heterocycles. The Labute approximate surface area is 229 Å². The minimum Gasteiger partial charge on any atom is -0.455 e. The van der Waals surface area contributed by atoms with Gasteiger partial charge in [-0.3, -0.25) is 0 Å². The molecule has 0 unspecified atom stereocenters. The van der Waals surface area contributed by atoms with Gasteiger partial charge in [-0.2, -0.15) is 0 Å². The fourth-order valence-corrected chi connectivity index (χ4v) is 5.48. The second-order valence-electron chi connectivity index (χ2n) is 9.27. The van der Waals surface area contributed by atoms with Crippen molar-refractivity contribution in [3.05, 3.63) is 161 Å². The largest absolute Gasteiger partial charge is 0.455 e. The average Bonchev–Trinajstić information content (AvgIpc) is 3.14. The molecule has 186 valence electrons. The number of ether oxygens (including phenoxy) is 1. The Morgan fingerprint density at radius 3 is 1.92 bits per heavy atom. The van der Waals surface area contributed by atoms with Crippen molar-refractivity contribution in [1.82, 2.24) is 0 Å². The first-order valence-electron chi connectivity index (χ1n) is 12.8. The molecule has 5 aromatic carbocycles. The molecule has 38 heavy (non-hydrogen) atoms. The van der Waals surface area contributed by atoms with Gasteiger partial charge in [0.1, 0.15) is 11.5 Å². The van der Waals surface area contributed by atoms with Crippen LogP contribution in [0.3, 0.4) is 0 Å². The molecule has 5 aromatic rings. The van der Waals surface area contributed by atoms with E-state index in [0.717, 1.165) is 26.9 Å². The molecule has 0 amide bonds. The van der Waals surface area contributed by atoms with Crippen LogP contribution in [0.5, 0.6) is 5.75 Å². The van der Waals surface area contributed by atoms with Crippen LogP contribution in [0.4, 0.5) is 0 Å². The van der Waals surface area contributed by atoms with Gasteiger partial charge in [0.05, 0.1) is 9.80 Å². The standard InChI is InChI=1S/C15H12.C14H10OS.C7H8/c1-11-14-8-4-2-6-12(14)10-13-7-3-5-9-15(11)13;1-10-6-2-4-9-13-14(10)15-11-7-3-5-8-12(11)16-13;1-7-5-3-2-4-6-7/h2-10H,1H3;2-3,5-9H,1H3;2-6H,1H3. The van der Waals surface area contributed by atoms with Crippen LogP contribution in [0.2, 0.25) is 0 Å². The number of benzene rings is 5. The third-order valence-electron chi connectivity index (χ3n) is 6.49. The smallest absolute Gasteiger partial charge is 0.144 e. The molecule has 1 aliphatic heterocycles. The third kappa shape index (κ3) is 5.84. The summed E-state index contributed by atoms with van der Waals surface area (Å²) in [6.07, 6.45) is 5.92. The van der Waals surface area contributed by atoms with Crippen LogP contribution in [0.1, 0.15) is 18.1 Å². The Morgan fingerprint density at radius 1 is 0.658 bits per heavy atom. The van der Waals surface area contributed by atoms with Gasteiger partial charge in [-0.15, -0.1) is 5.73 Å². The van der Waals surface area contributed by atoms with Crippen LogP contribution < -0.4 is 4.74 Å². The molecule has 7 rings (SSSR count). The molecule has 0 saturated carbocycles. The Morgan fingerprint density at radius 2 is 1.26 bits per heavy atom. The minimum atomic E-state index is 0.939. The quantitative estimate of drug-likeness (QED) is 0.151. The van der Waals surface area contributed by atoms with Gasteiger partial charge in [-0.25, -0.2) is 0 Å². The number of thioether (sulfide) groups is 1. The van der Waals surface area contributed by atoms with E-state index in [4.69, 9.17) is 4.74 Å². The topological polar surface area (TPSA) is 9.23 Å². The average molecular weight is 511 g/mol. The number of para-hydroxylation sites is 1. The van der Waals surface area contributed by atoms with Crippen LogP contribution >= 0.6 is 11.8 Å². The highest BCUT2D eigenvalue weighted by Crippen LogP contribution is 2.43. The summed E-state index contributed by atoms with van der Waals surface area (Å²) in [5.74, 6) is 1.89. The number of allylic oxidation sites excluding steroid dienone is 3. The van der Waals surface area contributed by atoms with Crippen LogP contribution in [-0.2, 0) is 0 Å². The van der Waals surface area contributed by atoms with Gasteiger partial charge in [0.25, 0.3) is 0 Å². The van der Waals surface area contributed by atoms with E-state index in [1.54, 1.807) is 11.8 Å². The predicted molar refractivity (Wildman–Crippen MR) is 164 cm³/mol. The van der Waals surface area contributed by atoms with Crippen LogP contribution in [0.25, 0.3) is 21.5 Å². The van der Waals surface area contributed by atoms with Crippen molar-refractivity contribution in [3.8, 4) is 5.75 Å². The highest BCUT2D eigenvalue weighted by Gasteiger charge is 2.20. The van der Waals surface area contributed by atoms with Crippen molar-refractivity contribution in [2.45, 2.75) is 25.7 Å². The molecule has 0 radical (unpaired) electrons. The minimum absolute atomic E-state index is 0.939. The number of aryl methyl sites for hydroxylation is 2. The molecule has 0 bridgehead atoms. The maximum atomic E-state index is 5.93. The summed E-state index contributed by atoms with van der Waals surface area (Å²) in [4.78, 5) is 2.29. The summed E-state index contributed by atoms with van der Waals surface area (Å²) >= 11 is 1.73. The Hall–Kier alpha value is -4.23. The molecule has 2 heteroatoms. The van der Waals surface area contributed by atoms with Crippen LogP contribution in [0, 0.1) is 13.8 Å². The molecule has 0 N–H and O–H groups in total. The van der Waals surface area contributed by atoms with E-state index in [0.29, 0.717) is 0 Å². The molecular formula is C36H30OS. The SMILES string of the molecule is CC1=CC=C=CC2=C1Oc1ccccc1S2.Cc1c2ccccc2cc2ccccc12.Cc1ccccc1. The van der Waals surface area contributed by atoms with Gasteiger partial charge < -0.3 is 4.74 Å². The maximum Gasteiger partial charge on any atom is 0.144 e. The van der Waals surface area contributed by atoms with E-state index in [-0.39, 0.29) is 0 Å². The molecule has 0 saturated heterocycles. The van der Waals surface area contributed by atoms with Gasteiger partial charge in [0.15, 0.2) is 0 Å². The second kappa shape index (κ2) is 11.9. The van der Waals surface area contributed by atoms with E-state index in [2.05, 4.69) is 99.3 Å². The van der Waals surface area contributed by atoms with Gasteiger partial charge in [0.2, 0.25) is 0 Å². The highest BCUT2D eigenvalue weighted by atomic mass is 32.2. The zero-order valence-corrected chi connectivity index (χ0v) is 22.8. The summed E-state index contributed by atoms with van der Waals surface area (Å²) in [5, 5.41) is 5.37. The van der Waals surface area contributed by atoms with Gasteiger partial charge in [-0.05, 0) is 89.9 Å². The monoisotopic (exact) mass is 510 g/mol. The zero-order valence-electron chi connectivity index (χ0n) is 21.9. The fraction of sp³-hybridized carbons (Fsp3) is 0.0833. The van der Waals surface area contributed by atoms with Crippen LogP contribution in [0.15, 0.2) is 154 Å². The Bertz CT molecular complexity index is 1640. The van der Waals surface area contributed by atoms with E-state index in [1.807, 2.05) is 54.6 Å². The molecule has 0 atom stereocenters. The first-order valence-corrected chi connectivity index (χ1v) is 13.6. The number of rotatable bonds is 0. The zero-order chi connectivity index (χ0) is 26.3. The molecule has 0 fully saturated rings. The Balaban J connectivity index is 0.000000125. The van der Waals surface area contributed by atoms with Crippen molar-refractivity contribution < 1.29 is 4.74 Å². The summed E-state index contributed by atoms with van der Waals surface area (Å²) in [7, 11) is 0. The van der Waals surface area contributed by atoms with E-state index < -0.39 is 0 Å². The summed E-state index contributed by atoms with van der Waals surface area (Å²) in [6.45, 7) is 6.34. The van der Waals surface area contributed by atoms with Crippen molar-refractivity contribution >= 4 is 33.3 Å². The van der Waals surface area contributed by atoms with Gasteiger partial charge >= 0.3 is 0 Å². The highest BCUT2D eigenvalue weighted by molar-refractivity contribution is 8.03. The van der Waals surface area contributed by atoms with Gasteiger partial charge in [0, 0.05) is 0 Å². The lowest BCUT2D eigenvalue weighted by Crippen LogP contribution is -2.04. The number of hydrogen-bond acceptors (Lipinski definition) is 2. The third-order valence-corrected chi connectivity index (χ3v) is 7.57. The summed E-state index contributed by atoms with van der Waals surface area (Å²) in [6, 6.07) is 37.7. The molecule has 1 aliphatic carbocycles. The van der Waals surface area contributed by atoms with E-state index >= 15 is 0 Å². The van der Waals surface area contributed by atoms with Gasteiger partial charge in [-0.1, -0.05) is 108 Å². The molecule has 1 nitrogen and oxygen atoms in total. The second-order valence-corrected chi connectivity index (χ2v) is 10.4. The maximum absolute atomic E-state index is 5.93. The lowest BCUT2D eigenvalue weighted by molar-refractivity contribution is 0.421. The first-order chi connectivity index (χ1) is 18.6. The van der Waals surface area contributed by atoms with E-state index in [1.165, 1.54) is 32.7 Å². The lowest BCUT2D eigenvalue weighted by atomic mass is 9.98. The normalized spacial score (nSPS) is 13.2. The van der Waals surface area contributed by atoms with Crippen LogP contribution in [-0.4, -0.2) is 0 Å². The molecule has 2 aliphatic rings. The van der Waals surface area contributed by atoms with Crippen molar-refractivity contribution in [2.75, 3.05) is 0 Å². The lowest BCUT2D eigenvalue weighted by Gasteiger charge is -2.20. The number of fused-ring (bicyclic) bond motifs is 3. The van der Waals surface area contributed by atoms with Crippen molar-refractivity contribution in [3.63, 3.8) is 0 Å². The molecular weight excluding hydrogens is 480 g/mol. The van der Waals surface area contributed by atoms with Crippen molar-refractivity contribution in [2.24, 2.45) is 0 Å². The van der Waals surface area contributed by atoms with E-state index in [9.17, 15) is 0 Å². The molecule has 1 heterocycles. The first kappa shape index (κ1) is 25.4. The number of hydrogen-bond donors (Lipinski definition) is 0. The summed E-state index contributed by atoms with van der Waals surface area (Å²) in [5.41, 5.74) is 6.96. The van der Waals surface area contributed by atoms with Crippen molar-refractivity contribution in [1.29, 1.82) is 0 Å². The summed E-state index contributed by atoms with van der Waals surface area (Å²) < 4.78 is 5.93.